The van der Waals surface area contributed by atoms with Crippen molar-refractivity contribution in [1.82, 2.24) is 15.5 Å². The highest BCUT2D eigenvalue weighted by Gasteiger charge is 2.13. The van der Waals surface area contributed by atoms with Crippen LogP contribution in [-0.2, 0) is 6.61 Å². The summed E-state index contributed by atoms with van der Waals surface area (Å²) in [5.74, 6) is 1.28. The van der Waals surface area contributed by atoms with Crippen LogP contribution in [0, 0.1) is 13.8 Å². The van der Waals surface area contributed by atoms with E-state index in [0.717, 1.165) is 22.7 Å². The van der Waals surface area contributed by atoms with Crippen LogP contribution >= 0.6 is 0 Å². The van der Waals surface area contributed by atoms with E-state index >= 15 is 0 Å². The van der Waals surface area contributed by atoms with Crippen LogP contribution in [0.2, 0.25) is 0 Å². The van der Waals surface area contributed by atoms with Gasteiger partial charge in [0.2, 0.25) is 0 Å². The van der Waals surface area contributed by atoms with Gasteiger partial charge in [-0.15, -0.1) is 0 Å². The number of ether oxygens (including phenoxy) is 1. The molecule has 0 aliphatic carbocycles. The molecule has 26 heavy (non-hydrogen) atoms. The van der Waals surface area contributed by atoms with E-state index in [4.69, 9.17) is 9.26 Å². The fourth-order valence-electron chi connectivity index (χ4n) is 2.55. The van der Waals surface area contributed by atoms with Gasteiger partial charge < -0.3 is 14.6 Å². The molecule has 1 atom stereocenters. The monoisotopic (exact) mass is 351 g/mol. The van der Waals surface area contributed by atoms with Crippen LogP contribution in [-0.4, -0.2) is 16.0 Å². The summed E-state index contributed by atoms with van der Waals surface area (Å²) < 4.78 is 10.9. The maximum absolute atomic E-state index is 12.4. The molecule has 0 aliphatic heterocycles. The number of aromatic nitrogens is 2. The Hall–Kier alpha value is -3.15. The van der Waals surface area contributed by atoms with Crippen molar-refractivity contribution in [2.24, 2.45) is 0 Å². The third kappa shape index (κ3) is 4.08. The zero-order valence-electron chi connectivity index (χ0n) is 15.0. The Bertz CT molecular complexity index is 854. The van der Waals surface area contributed by atoms with Crippen molar-refractivity contribution in [1.29, 1.82) is 0 Å². The lowest BCUT2D eigenvalue weighted by Gasteiger charge is -2.13. The summed E-state index contributed by atoms with van der Waals surface area (Å²) in [6.07, 6.45) is 1.71. The smallest absolute Gasteiger partial charge is 0.251 e. The number of rotatable bonds is 6. The molecule has 3 aromatic rings. The average Bonchev–Trinajstić information content (AvgIpc) is 2.99. The van der Waals surface area contributed by atoms with Gasteiger partial charge in [0.15, 0.2) is 0 Å². The van der Waals surface area contributed by atoms with Crippen LogP contribution in [0.3, 0.4) is 0 Å². The molecule has 0 saturated carbocycles. The number of pyridine rings is 1. The second-order valence-electron chi connectivity index (χ2n) is 6.07. The second-order valence-corrected chi connectivity index (χ2v) is 6.07. The molecule has 2 aromatic heterocycles. The molecule has 3 rings (SSSR count). The van der Waals surface area contributed by atoms with Crippen LogP contribution in [0.15, 0.2) is 53.2 Å². The molecule has 2 heterocycles. The number of nitrogens with one attached hydrogen (secondary N) is 1. The summed E-state index contributed by atoms with van der Waals surface area (Å²) in [6.45, 7) is 6.02. The lowest BCUT2D eigenvalue weighted by molar-refractivity contribution is 0.0939. The maximum atomic E-state index is 12.4. The first-order chi connectivity index (χ1) is 12.5. The minimum absolute atomic E-state index is 0.152. The van der Waals surface area contributed by atoms with Crippen LogP contribution in [0.25, 0.3) is 0 Å². The van der Waals surface area contributed by atoms with Gasteiger partial charge in [-0.05, 0) is 57.2 Å². The third-order valence-corrected chi connectivity index (χ3v) is 4.16. The van der Waals surface area contributed by atoms with E-state index < -0.39 is 0 Å². The number of hydrogen-bond acceptors (Lipinski definition) is 5. The van der Waals surface area contributed by atoms with Gasteiger partial charge in [-0.1, -0.05) is 11.2 Å². The lowest BCUT2D eigenvalue weighted by Crippen LogP contribution is -2.27. The average molecular weight is 351 g/mol. The van der Waals surface area contributed by atoms with Gasteiger partial charge in [-0.2, -0.15) is 0 Å². The first-order valence-corrected chi connectivity index (χ1v) is 8.41. The number of benzene rings is 1. The van der Waals surface area contributed by atoms with Crippen molar-refractivity contribution in [3.63, 3.8) is 0 Å². The predicted molar refractivity (Wildman–Crippen MR) is 96.9 cm³/mol. The second kappa shape index (κ2) is 7.82. The number of aryl methyl sites for hydroxylation is 2. The molecular weight excluding hydrogens is 330 g/mol. The summed E-state index contributed by atoms with van der Waals surface area (Å²) in [5, 5.41) is 6.84. The Labute approximate surface area is 152 Å². The van der Waals surface area contributed by atoms with Gasteiger partial charge in [-0.3, -0.25) is 9.78 Å². The Morgan fingerprint density at radius 2 is 1.96 bits per heavy atom. The molecule has 0 fully saturated rings. The van der Waals surface area contributed by atoms with E-state index in [9.17, 15) is 4.79 Å². The number of amides is 1. The molecule has 134 valence electrons. The first-order valence-electron chi connectivity index (χ1n) is 8.41. The molecule has 0 aliphatic rings. The summed E-state index contributed by atoms with van der Waals surface area (Å²) in [7, 11) is 0. The van der Waals surface area contributed by atoms with Gasteiger partial charge in [0.1, 0.15) is 18.1 Å². The zero-order chi connectivity index (χ0) is 18.5. The quantitative estimate of drug-likeness (QED) is 0.732. The Kier molecular flexibility index (Phi) is 5.31. The lowest BCUT2D eigenvalue weighted by atomic mass is 10.1. The fourth-order valence-corrected chi connectivity index (χ4v) is 2.55. The minimum atomic E-state index is -0.167. The predicted octanol–water partition coefficient (Wildman–Crippen LogP) is 3.76. The Morgan fingerprint density at radius 3 is 2.58 bits per heavy atom. The highest BCUT2D eigenvalue weighted by Crippen LogP contribution is 2.18. The molecular formula is C20H21N3O3. The van der Waals surface area contributed by atoms with Crippen LogP contribution < -0.4 is 10.1 Å². The molecule has 6 heteroatoms. The van der Waals surface area contributed by atoms with Gasteiger partial charge in [-0.25, -0.2) is 0 Å². The summed E-state index contributed by atoms with van der Waals surface area (Å²) in [4.78, 5) is 16.6. The van der Waals surface area contributed by atoms with Crippen LogP contribution in [0.4, 0.5) is 0 Å². The van der Waals surface area contributed by atoms with Crippen molar-refractivity contribution < 1.29 is 14.1 Å². The maximum Gasteiger partial charge on any atom is 0.251 e. The number of carbonyl (C=O) groups is 1. The van der Waals surface area contributed by atoms with E-state index in [1.54, 1.807) is 30.5 Å². The van der Waals surface area contributed by atoms with E-state index in [2.05, 4.69) is 15.5 Å². The fraction of sp³-hybridized carbons (Fsp3) is 0.250. The Morgan fingerprint density at radius 1 is 1.19 bits per heavy atom. The topological polar surface area (TPSA) is 77.2 Å². The van der Waals surface area contributed by atoms with Crippen molar-refractivity contribution in [2.75, 3.05) is 0 Å². The Balaban J connectivity index is 1.59. The van der Waals surface area contributed by atoms with Crippen LogP contribution in [0.5, 0.6) is 5.75 Å². The largest absolute Gasteiger partial charge is 0.489 e. The number of hydrogen-bond donors (Lipinski definition) is 1. The van der Waals surface area contributed by atoms with Crippen molar-refractivity contribution in [3.8, 4) is 5.75 Å². The molecule has 0 spiro atoms. The summed E-state index contributed by atoms with van der Waals surface area (Å²) >= 11 is 0. The van der Waals surface area contributed by atoms with Crippen molar-refractivity contribution in [3.05, 3.63) is 76.9 Å². The molecule has 6 nitrogen and oxygen atoms in total. The van der Waals surface area contributed by atoms with Gasteiger partial charge >= 0.3 is 0 Å². The molecule has 1 amide bonds. The van der Waals surface area contributed by atoms with Crippen molar-refractivity contribution in [2.45, 2.75) is 33.4 Å². The van der Waals surface area contributed by atoms with E-state index in [0.29, 0.717) is 17.9 Å². The molecule has 1 unspecified atom stereocenters. The molecule has 1 N–H and O–H groups in total. The van der Waals surface area contributed by atoms with Gasteiger partial charge in [0.05, 0.1) is 23.0 Å². The summed E-state index contributed by atoms with van der Waals surface area (Å²) in [5.41, 5.74) is 3.15. The highest BCUT2D eigenvalue weighted by atomic mass is 16.5. The van der Waals surface area contributed by atoms with E-state index in [1.807, 2.05) is 39.0 Å². The van der Waals surface area contributed by atoms with Crippen molar-refractivity contribution >= 4 is 5.91 Å². The van der Waals surface area contributed by atoms with Gasteiger partial charge in [0.25, 0.3) is 5.91 Å². The summed E-state index contributed by atoms with van der Waals surface area (Å²) in [6, 6.07) is 12.5. The standard InChI is InChI=1S/C20H21N3O3/c1-13-18(15(3)26-23-13)12-25-17-9-7-16(8-10-17)20(24)22-14(2)19-6-4-5-11-21-19/h4-11,14H,12H2,1-3H3,(H,22,24). The number of carbonyl (C=O) groups excluding carboxylic acids is 1. The number of nitrogens with zero attached hydrogens (tertiary/aromatic N) is 2. The van der Waals surface area contributed by atoms with E-state index in [-0.39, 0.29) is 11.9 Å². The third-order valence-electron chi connectivity index (χ3n) is 4.16. The molecule has 0 bridgehead atoms. The SMILES string of the molecule is Cc1noc(C)c1COc1ccc(C(=O)NC(C)c2ccccn2)cc1. The zero-order valence-corrected chi connectivity index (χ0v) is 15.0. The minimum Gasteiger partial charge on any atom is -0.489 e. The molecule has 0 saturated heterocycles. The molecule has 0 radical (unpaired) electrons. The van der Waals surface area contributed by atoms with Gasteiger partial charge in [0, 0.05) is 11.8 Å². The normalized spacial score (nSPS) is 11.8. The highest BCUT2D eigenvalue weighted by molar-refractivity contribution is 5.94. The van der Waals surface area contributed by atoms with E-state index in [1.165, 1.54) is 0 Å². The first kappa shape index (κ1) is 17.7. The van der Waals surface area contributed by atoms with Crippen LogP contribution in [0.1, 0.15) is 46.0 Å². The molecule has 1 aromatic carbocycles.